The maximum absolute atomic E-state index is 11.7. The van der Waals surface area contributed by atoms with Gasteiger partial charge in [-0.1, -0.05) is 6.92 Å². The van der Waals surface area contributed by atoms with Crippen molar-refractivity contribution in [1.29, 1.82) is 0 Å². The molecule has 1 atom stereocenters. The number of urea groups is 1. The van der Waals surface area contributed by atoms with Gasteiger partial charge in [0.1, 0.15) is 6.54 Å². The fourth-order valence-corrected chi connectivity index (χ4v) is 1.66. The van der Waals surface area contributed by atoms with Crippen LogP contribution in [0.15, 0.2) is 0 Å². The van der Waals surface area contributed by atoms with Gasteiger partial charge in [-0.3, -0.25) is 9.59 Å². The van der Waals surface area contributed by atoms with Gasteiger partial charge in [0.2, 0.25) is 5.91 Å². The first-order valence-electron chi connectivity index (χ1n) is 6.00. The van der Waals surface area contributed by atoms with Gasteiger partial charge in [0, 0.05) is 26.1 Å². The number of amides is 3. The highest BCUT2D eigenvalue weighted by Gasteiger charge is 2.21. The Morgan fingerprint density at radius 3 is 2.89 bits per heavy atom. The molecule has 0 bridgehead atoms. The first kappa shape index (κ1) is 14.3. The molecular weight excluding hydrogens is 238 g/mol. The fourth-order valence-electron chi connectivity index (χ4n) is 1.66. The molecule has 1 fully saturated rings. The van der Waals surface area contributed by atoms with Gasteiger partial charge in [0.05, 0.1) is 0 Å². The highest BCUT2D eigenvalue weighted by molar-refractivity contribution is 5.85. The van der Waals surface area contributed by atoms with Gasteiger partial charge in [0.25, 0.3) is 0 Å². The summed E-state index contributed by atoms with van der Waals surface area (Å²) in [5, 5.41) is 13.9. The molecule has 3 amide bonds. The molecular formula is C11H19N3O4. The lowest BCUT2D eigenvalue weighted by Gasteiger charge is -2.27. The molecule has 0 aromatic rings. The van der Waals surface area contributed by atoms with E-state index in [9.17, 15) is 14.4 Å². The Morgan fingerprint density at radius 1 is 1.56 bits per heavy atom. The van der Waals surface area contributed by atoms with Crippen LogP contribution < -0.4 is 10.6 Å². The molecule has 0 saturated carbocycles. The Kier molecular flexibility index (Phi) is 5.41. The number of nitrogens with zero attached hydrogens (tertiary/aromatic N) is 1. The predicted molar refractivity (Wildman–Crippen MR) is 64.0 cm³/mol. The molecule has 1 aliphatic heterocycles. The Labute approximate surface area is 106 Å². The zero-order valence-electron chi connectivity index (χ0n) is 10.4. The van der Waals surface area contributed by atoms with Gasteiger partial charge in [-0.2, -0.15) is 0 Å². The van der Waals surface area contributed by atoms with Crippen molar-refractivity contribution >= 4 is 17.9 Å². The highest BCUT2D eigenvalue weighted by atomic mass is 16.4. The minimum atomic E-state index is -0.833. The number of hydrogen-bond acceptors (Lipinski definition) is 3. The molecule has 102 valence electrons. The van der Waals surface area contributed by atoms with Crippen molar-refractivity contribution in [2.24, 2.45) is 5.92 Å². The molecule has 1 rings (SSSR count). The van der Waals surface area contributed by atoms with E-state index in [2.05, 4.69) is 10.6 Å². The number of aliphatic carboxylic acids is 1. The summed E-state index contributed by atoms with van der Waals surface area (Å²) < 4.78 is 0. The molecule has 7 nitrogen and oxygen atoms in total. The summed E-state index contributed by atoms with van der Waals surface area (Å²) in [6.45, 7) is 3.35. The topological polar surface area (TPSA) is 98.7 Å². The van der Waals surface area contributed by atoms with Gasteiger partial charge < -0.3 is 20.6 Å². The lowest BCUT2D eigenvalue weighted by Crippen LogP contribution is -2.53. The van der Waals surface area contributed by atoms with Crippen LogP contribution in [0.3, 0.4) is 0 Å². The van der Waals surface area contributed by atoms with Gasteiger partial charge in [-0.25, -0.2) is 4.79 Å². The van der Waals surface area contributed by atoms with Crippen molar-refractivity contribution in [1.82, 2.24) is 15.5 Å². The van der Waals surface area contributed by atoms with Crippen LogP contribution in [0.2, 0.25) is 0 Å². The first-order chi connectivity index (χ1) is 8.49. The Hall–Kier alpha value is -1.79. The summed E-state index contributed by atoms with van der Waals surface area (Å²) >= 11 is 0. The number of carboxylic acid groups (broad SMARTS) is 1. The van der Waals surface area contributed by atoms with Gasteiger partial charge in [0.15, 0.2) is 0 Å². The van der Waals surface area contributed by atoms with Crippen molar-refractivity contribution in [2.75, 3.05) is 26.2 Å². The maximum Gasteiger partial charge on any atom is 0.317 e. The summed E-state index contributed by atoms with van der Waals surface area (Å²) in [7, 11) is 0. The van der Waals surface area contributed by atoms with Crippen LogP contribution in [-0.2, 0) is 9.59 Å². The summed E-state index contributed by atoms with van der Waals surface area (Å²) in [6, 6.07) is -0.271. The van der Waals surface area contributed by atoms with E-state index in [1.165, 1.54) is 4.90 Å². The van der Waals surface area contributed by atoms with Crippen LogP contribution in [0.4, 0.5) is 4.79 Å². The molecule has 3 N–H and O–H groups in total. The number of hydrogen-bond donors (Lipinski definition) is 3. The Morgan fingerprint density at radius 2 is 2.28 bits per heavy atom. The zero-order valence-corrected chi connectivity index (χ0v) is 10.4. The van der Waals surface area contributed by atoms with E-state index in [1.54, 1.807) is 0 Å². The van der Waals surface area contributed by atoms with Crippen LogP contribution >= 0.6 is 0 Å². The number of carbonyl (C=O) groups is 3. The van der Waals surface area contributed by atoms with Crippen molar-refractivity contribution in [3.63, 3.8) is 0 Å². The van der Waals surface area contributed by atoms with Crippen LogP contribution in [0.5, 0.6) is 0 Å². The fraction of sp³-hybridized carbons (Fsp3) is 0.727. The number of carboxylic acids is 1. The smallest absolute Gasteiger partial charge is 0.317 e. The van der Waals surface area contributed by atoms with E-state index in [0.29, 0.717) is 26.1 Å². The van der Waals surface area contributed by atoms with Crippen molar-refractivity contribution < 1.29 is 19.5 Å². The van der Waals surface area contributed by atoms with Crippen LogP contribution in [-0.4, -0.2) is 54.1 Å². The second-order valence-electron chi connectivity index (χ2n) is 4.50. The quantitative estimate of drug-likeness (QED) is 0.625. The first-order valence-corrected chi connectivity index (χ1v) is 6.00. The molecule has 1 unspecified atom stereocenters. The molecule has 1 saturated heterocycles. The minimum Gasteiger partial charge on any atom is -0.481 e. The summed E-state index contributed by atoms with van der Waals surface area (Å²) in [6.07, 6.45) is 0.624. The monoisotopic (exact) mass is 257 g/mol. The molecule has 0 aliphatic carbocycles. The predicted octanol–water partition coefficient (Wildman–Crippen LogP) is -0.371. The van der Waals surface area contributed by atoms with E-state index >= 15 is 0 Å². The standard InChI is InChI=1S/C11H19N3O4/c1-8(2-3-10(16)17)6-13-11(18)14-5-4-12-9(15)7-14/h8H,2-7H2,1H3,(H,12,15)(H,13,18)(H,16,17). The second-order valence-corrected chi connectivity index (χ2v) is 4.50. The lowest BCUT2D eigenvalue weighted by molar-refractivity contribution is -0.137. The third kappa shape index (κ3) is 5.03. The summed E-state index contributed by atoms with van der Waals surface area (Å²) in [5.41, 5.74) is 0. The van der Waals surface area contributed by atoms with Crippen LogP contribution in [0.1, 0.15) is 19.8 Å². The van der Waals surface area contributed by atoms with E-state index in [1.807, 2.05) is 6.92 Å². The Bertz CT molecular complexity index is 332. The summed E-state index contributed by atoms with van der Waals surface area (Å²) in [4.78, 5) is 34.6. The third-order valence-electron chi connectivity index (χ3n) is 2.78. The van der Waals surface area contributed by atoms with E-state index < -0.39 is 5.97 Å². The minimum absolute atomic E-state index is 0.0787. The number of rotatable bonds is 5. The van der Waals surface area contributed by atoms with Gasteiger partial charge in [-0.05, 0) is 12.3 Å². The molecule has 1 heterocycles. The SMILES string of the molecule is CC(CCC(=O)O)CNC(=O)N1CCNC(=O)C1. The van der Waals surface area contributed by atoms with Gasteiger partial charge >= 0.3 is 12.0 Å². The lowest BCUT2D eigenvalue weighted by atomic mass is 10.1. The molecule has 7 heteroatoms. The zero-order chi connectivity index (χ0) is 13.5. The molecule has 18 heavy (non-hydrogen) atoms. The Balaban J connectivity index is 2.23. The number of piperazine rings is 1. The molecule has 1 aliphatic rings. The van der Waals surface area contributed by atoms with Crippen molar-refractivity contribution in [3.8, 4) is 0 Å². The number of carbonyl (C=O) groups excluding carboxylic acids is 2. The van der Waals surface area contributed by atoms with E-state index in [4.69, 9.17) is 5.11 Å². The van der Waals surface area contributed by atoms with E-state index in [0.717, 1.165) is 0 Å². The average Bonchev–Trinajstić information content (AvgIpc) is 2.33. The molecule has 0 spiro atoms. The van der Waals surface area contributed by atoms with Gasteiger partial charge in [-0.15, -0.1) is 0 Å². The molecule has 0 aromatic carbocycles. The van der Waals surface area contributed by atoms with Crippen LogP contribution in [0, 0.1) is 5.92 Å². The van der Waals surface area contributed by atoms with Crippen molar-refractivity contribution in [2.45, 2.75) is 19.8 Å². The maximum atomic E-state index is 11.7. The van der Waals surface area contributed by atoms with Crippen molar-refractivity contribution in [3.05, 3.63) is 0 Å². The largest absolute Gasteiger partial charge is 0.481 e. The number of nitrogens with one attached hydrogen (secondary N) is 2. The highest BCUT2D eigenvalue weighted by Crippen LogP contribution is 2.04. The van der Waals surface area contributed by atoms with E-state index in [-0.39, 0.29) is 30.8 Å². The molecule has 0 radical (unpaired) electrons. The molecule has 0 aromatic heterocycles. The normalized spacial score (nSPS) is 16.9. The van der Waals surface area contributed by atoms with Crippen LogP contribution in [0.25, 0.3) is 0 Å². The average molecular weight is 257 g/mol. The summed E-state index contributed by atoms with van der Waals surface area (Å²) in [5.74, 6) is -0.889. The third-order valence-corrected chi connectivity index (χ3v) is 2.78. The second kappa shape index (κ2) is 6.83.